The zero-order chi connectivity index (χ0) is 7.56. The van der Waals surface area contributed by atoms with Gasteiger partial charge in [-0.2, -0.15) is 0 Å². The van der Waals surface area contributed by atoms with E-state index in [0.29, 0.717) is 6.54 Å². The average Bonchev–Trinajstić information content (AvgIpc) is 1.95. The summed E-state index contributed by atoms with van der Waals surface area (Å²) in [6, 6.07) is 1.72. The molecule has 0 aliphatic carbocycles. The predicted octanol–water partition coefficient (Wildman–Crippen LogP) is -0.761. The Kier molecular flexibility index (Phi) is 1.82. The normalized spacial score (nSPS) is 9.80. The molecule has 0 amide bonds. The fraction of sp³-hybridized carbons (Fsp3) is 0.333. The molecule has 0 spiro atoms. The molecule has 0 aromatic carbocycles. The first kappa shape index (κ1) is 6.95. The molecule has 4 nitrogen and oxygen atoms in total. The molecule has 0 unspecified atom stereocenters. The zero-order valence-corrected chi connectivity index (χ0v) is 5.74. The Hall–Kier alpha value is -1.16. The van der Waals surface area contributed by atoms with E-state index in [2.05, 4.69) is 4.98 Å². The van der Waals surface area contributed by atoms with Crippen LogP contribution in [0, 0.1) is 0 Å². The SMILES string of the molecule is Cn1c(CN)ccnc1=O. The molecular weight excluding hydrogens is 130 g/mol. The largest absolute Gasteiger partial charge is 0.347 e. The van der Waals surface area contributed by atoms with Crippen molar-refractivity contribution in [3.8, 4) is 0 Å². The quantitative estimate of drug-likeness (QED) is 0.556. The molecule has 1 rings (SSSR count). The third kappa shape index (κ3) is 1.06. The van der Waals surface area contributed by atoms with Crippen molar-refractivity contribution in [1.82, 2.24) is 9.55 Å². The fourth-order valence-corrected chi connectivity index (χ4v) is 0.713. The Morgan fingerprint density at radius 1 is 1.80 bits per heavy atom. The Balaban J connectivity index is 3.28. The summed E-state index contributed by atoms with van der Waals surface area (Å²) < 4.78 is 1.43. The maximum atomic E-state index is 10.8. The van der Waals surface area contributed by atoms with Gasteiger partial charge in [0.1, 0.15) is 0 Å². The van der Waals surface area contributed by atoms with Gasteiger partial charge in [-0.15, -0.1) is 0 Å². The minimum Gasteiger partial charge on any atom is -0.325 e. The second-order valence-corrected chi connectivity index (χ2v) is 1.98. The molecule has 54 valence electrons. The van der Waals surface area contributed by atoms with E-state index in [1.165, 1.54) is 10.8 Å². The van der Waals surface area contributed by atoms with Crippen molar-refractivity contribution < 1.29 is 0 Å². The van der Waals surface area contributed by atoms with Crippen molar-refractivity contribution in [2.45, 2.75) is 6.54 Å². The van der Waals surface area contributed by atoms with Crippen molar-refractivity contribution in [1.29, 1.82) is 0 Å². The van der Waals surface area contributed by atoms with Crippen LogP contribution in [0.25, 0.3) is 0 Å². The second-order valence-electron chi connectivity index (χ2n) is 1.98. The van der Waals surface area contributed by atoms with E-state index in [1.54, 1.807) is 13.1 Å². The van der Waals surface area contributed by atoms with E-state index in [9.17, 15) is 4.79 Å². The highest BCUT2D eigenvalue weighted by Crippen LogP contribution is 1.87. The van der Waals surface area contributed by atoms with Crippen LogP contribution in [0.3, 0.4) is 0 Å². The fourth-order valence-electron chi connectivity index (χ4n) is 0.713. The van der Waals surface area contributed by atoms with Gasteiger partial charge in [-0.1, -0.05) is 0 Å². The summed E-state index contributed by atoms with van der Waals surface area (Å²) >= 11 is 0. The molecule has 1 aromatic heterocycles. The highest BCUT2D eigenvalue weighted by Gasteiger charge is 1.94. The Morgan fingerprint density at radius 2 is 2.50 bits per heavy atom. The van der Waals surface area contributed by atoms with E-state index in [-0.39, 0.29) is 5.69 Å². The van der Waals surface area contributed by atoms with E-state index in [4.69, 9.17) is 5.73 Å². The van der Waals surface area contributed by atoms with Crippen molar-refractivity contribution in [2.75, 3.05) is 0 Å². The minimum atomic E-state index is -0.261. The lowest BCUT2D eigenvalue weighted by Gasteiger charge is -2.01. The minimum absolute atomic E-state index is 0.261. The summed E-state index contributed by atoms with van der Waals surface area (Å²) in [6.07, 6.45) is 1.46. The maximum absolute atomic E-state index is 10.8. The number of hydrogen-bond acceptors (Lipinski definition) is 3. The van der Waals surface area contributed by atoms with Crippen LogP contribution < -0.4 is 11.4 Å². The van der Waals surface area contributed by atoms with Gasteiger partial charge in [-0.25, -0.2) is 9.78 Å². The number of hydrogen-bond donors (Lipinski definition) is 1. The molecule has 0 bridgehead atoms. The van der Waals surface area contributed by atoms with Gasteiger partial charge in [0.2, 0.25) is 0 Å². The molecule has 0 radical (unpaired) electrons. The van der Waals surface area contributed by atoms with Crippen LogP contribution in [0.15, 0.2) is 17.1 Å². The summed E-state index contributed by atoms with van der Waals surface area (Å²) in [5.74, 6) is 0. The summed E-state index contributed by atoms with van der Waals surface area (Å²) in [6.45, 7) is 0.369. The van der Waals surface area contributed by atoms with E-state index in [1.807, 2.05) is 0 Å². The molecule has 1 aromatic rings. The lowest BCUT2D eigenvalue weighted by molar-refractivity contribution is 0.738. The lowest BCUT2D eigenvalue weighted by atomic mass is 10.4. The lowest BCUT2D eigenvalue weighted by Crippen LogP contribution is -2.23. The summed E-state index contributed by atoms with van der Waals surface area (Å²) in [4.78, 5) is 14.3. The summed E-state index contributed by atoms with van der Waals surface area (Å²) in [5.41, 5.74) is 5.86. The monoisotopic (exact) mass is 139 g/mol. The molecule has 2 N–H and O–H groups in total. The molecule has 0 aliphatic heterocycles. The van der Waals surface area contributed by atoms with Gasteiger partial charge in [0.15, 0.2) is 0 Å². The third-order valence-corrected chi connectivity index (χ3v) is 1.38. The Labute approximate surface area is 58.3 Å². The summed E-state index contributed by atoms with van der Waals surface area (Å²) in [5, 5.41) is 0. The molecule has 1 heterocycles. The van der Waals surface area contributed by atoms with Gasteiger partial charge in [0.05, 0.1) is 0 Å². The van der Waals surface area contributed by atoms with Crippen molar-refractivity contribution in [2.24, 2.45) is 12.8 Å². The molecular formula is C6H9N3O. The van der Waals surface area contributed by atoms with Crippen LogP contribution in [0.2, 0.25) is 0 Å². The first-order chi connectivity index (χ1) is 4.75. The first-order valence-corrected chi connectivity index (χ1v) is 2.96. The van der Waals surface area contributed by atoms with Crippen molar-refractivity contribution >= 4 is 0 Å². The number of nitrogens with zero attached hydrogens (tertiary/aromatic N) is 2. The average molecular weight is 139 g/mol. The standard InChI is InChI=1S/C6H9N3O/c1-9-5(4-7)2-3-8-6(9)10/h2-3H,4,7H2,1H3. The van der Waals surface area contributed by atoms with E-state index < -0.39 is 0 Å². The molecule has 10 heavy (non-hydrogen) atoms. The Bertz CT molecular complexity index is 279. The Morgan fingerprint density at radius 3 is 3.00 bits per heavy atom. The van der Waals surface area contributed by atoms with Gasteiger partial charge in [0, 0.05) is 25.5 Å². The second kappa shape index (κ2) is 2.62. The molecule has 0 saturated carbocycles. The molecule has 0 aliphatic rings. The van der Waals surface area contributed by atoms with Gasteiger partial charge in [-0.3, -0.25) is 4.57 Å². The van der Waals surface area contributed by atoms with Gasteiger partial charge in [-0.05, 0) is 6.07 Å². The molecule has 4 heteroatoms. The van der Waals surface area contributed by atoms with Crippen LogP contribution in [0.4, 0.5) is 0 Å². The first-order valence-electron chi connectivity index (χ1n) is 2.96. The van der Waals surface area contributed by atoms with Crippen molar-refractivity contribution in [3.63, 3.8) is 0 Å². The van der Waals surface area contributed by atoms with Gasteiger partial charge >= 0.3 is 5.69 Å². The third-order valence-electron chi connectivity index (χ3n) is 1.38. The van der Waals surface area contributed by atoms with Crippen LogP contribution >= 0.6 is 0 Å². The van der Waals surface area contributed by atoms with Crippen molar-refractivity contribution in [3.05, 3.63) is 28.4 Å². The molecule has 0 atom stereocenters. The molecule has 0 saturated heterocycles. The van der Waals surface area contributed by atoms with Crippen LogP contribution in [0.1, 0.15) is 5.69 Å². The highest BCUT2D eigenvalue weighted by molar-refractivity contribution is 4.99. The van der Waals surface area contributed by atoms with E-state index >= 15 is 0 Å². The maximum Gasteiger partial charge on any atom is 0.347 e. The van der Waals surface area contributed by atoms with E-state index in [0.717, 1.165) is 5.69 Å². The smallest absolute Gasteiger partial charge is 0.325 e. The molecule has 0 fully saturated rings. The zero-order valence-electron chi connectivity index (χ0n) is 5.74. The highest BCUT2D eigenvalue weighted by atomic mass is 16.1. The summed E-state index contributed by atoms with van der Waals surface area (Å²) in [7, 11) is 1.65. The predicted molar refractivity (Wildman–Crippen MR) is 37.4 cm³/mol. The van der Waals surface area contributed by atoms with Crippen LogP contribution in [0.5, 0.6) is 0 Å². The van der Waals surface area contributed by atoms with Crippen LogP contribution in [-0.4, -0.2) is 9.55 Å². The number of nitrogens with two attached hydrogens (primary N) is 1. The number of rotatable bonds is 1. The number of aromatic nitrogens is 2. The van der Waals surface area contributed by atoms with Crippen LogP contribution in [-0.2, 0) is 13.6 Å². The van der Waals surface area contributed by atoms with Gasteiger partial charge < -0.3 is 5.73 Å². The topological polar surface area (TPSA) is 60.9 Å². The van der Waals surface area contributed by atoms with Gasteiger partial charge in [0.25, 0.3) is 0 Å².